The van der Waals surface area contributed by atoms with Crippen LogP contribution in [0.5, 0.6) is 0 Å². The van der Waals surface area contributed by atoms with E-state index in [1.54, 1.807) is 11.0 Å². The Balaban J connectivity index is 1.39. The van der Waals surface area contributed by atoms with Gasteiger partial charge >= 0.3 is 0 Å². The van der Waals surface area contributed by atoms with E-state index in [9.17, 15) is 5.11 Å². The Morgan fingerprint density at radius 1 is 1.25 bits per heavy atom. The van der Waals surface area contributed by atoms with Crippen LogP contribution >= 0.6 is 0 Å². The van der Waals surface area contributed by atoms with E-state index in [0.29, 0.717) is 6.04 Å². The highest BCUT2D eigenvalue weighted by Crippen LogP contribution is 2.15. The number of aliphatic hydroxyl groups excluding tert-OH is 1. The van der Waals surface area contributed by atoms with Gasteiger partial charge in [0.15, 0.2) is 0 Å². The lowest BCUT2D eigenvalue weighted by Crippen LogP contribution is -2.37. The predicted molar refractivity (Wildman–Crippen MR) is 91.9 cm³/mol. The molecule has 1 fully saturated rings. The average Bonchev–Trinajstić information content (AvgIpc) is 3.15. The third kappa shape index (κ3) is 4.59. The second-order valence-corrected chi connectivity index (χ2v) is 6.45. The van der Waals surface area contributed by atoms with Gasteiger partial charge in [-0.25, -0.2) is 4.68 Å². The molecule has 1 atom stereocenters. The molecule has 1 aliphatic heterocycles. The Hall–Kier alpha value is -1.83. The average molecular weight is 330 g/mol. The van der Waals surface area contributed by atoms with Crippen molar-refractivity contribution in [1.82, 2.24) is 30.4 Å². The molecule has 0 saturated carbocycles. The van der Waals surface area contributed by atoms with Crippen LogP contribution in [0.1, 0.15) is 37.8 Å². The molecule has 7 nitrogen and oxygen atoms in total. The van der Waals surface area contributed by atoms with Gasteiger partial charge in [-0.3, -0.25) is 0 Å². The van der Waals surface area contributed by atoms with Gasteiger partial charge < -0.3 is 15.3 Å². The van der Waals surface area contributed by atoms with E-state index in [1.807, 2.05) is 12.1 Å². The molecule has 1 aromatic heterocycles. The van der Waals surface area contributed by atoms with Crippen LogP contribution < -0.4 is 5.32 Å². The topological polar surface area (TPSA) is 79.1 Å². The molecule has 0 amide bonds. The lowest BCUT2D eigenvalue weighted by atomic mass is 10.1. The SMILES string of the molecule is CC(NCCCN1CCC(O)CC1)c1ccc(-n2cnnn2)cc1. The lowest BCUT2D eigenvalue weighted by molar-refractivity contribution is 0.0820. The fourth-order valence-corrected chi connectivity index (χ4v) is 3.08. The van der Waals surface area contributed by atoms with Crippen LogP contribution in [-0.2, 0) is 0 Å². The zero-order chi connectivity index (χ0) is 16.8. The van der Waals surface area contributed by atoms with E-state index >= 15 is 0 Å². The first-order chi connectivity index (χ1) is 11.7. The van der Waals surface area contributed by atoms with Gasteiger partial charge in [-0.15, -0.1) is 5.10 Å². The highest BCUT2D eigenvalue weighted by atomic mass is 16.3. The minimum atomic E-state index is -0.0873. The maximum absolute atomic E-state index is 9.53. The summed E-state index contributed by atoms with van der Waals surface area (Å²) in [6.07, 6.45) is 4.46. The molecule has 1 aliphatic rings. The third-order valence-electron chi connectivity index (χ3n) is 4.67. The fraction of sp³-hybridized carbons (Fsp3) is 0.588. The maximum Gasteiger partial charge on any atom is 0.143 e. The maximum atomic E-state index is 9.53. The molecule has 0 aliphatic carbocycles. The Morgan fingerprint density at radius 3 is 2.67 bits per heavy atom. The molecular weight excluding hydrogens is 304 g/mol. The molecule has 0 radical (unpaired) electrons. The van der Waals surface area contributed by atoms with Crippen molar-refractivity contribution in [2.24, 2.45) is 0 Å². The largest absolute Gasteiger partial charge is 0.393 e. The summed E-state index contributed by atoms with van der Waals surface area (Å²) in [5, 5.41) is 24.3. The van der Waals surface area contributed by atoms with Crippen molar-refractivity contribution in [3.63, 3.8) is 0 Å². The molecule has 0 bridgehead atoms. The Kier molecular flexibility index (Phi) is 5.90. The van der Waals surface area contributed by atoms with Gasteiger partial charge in [-0.2, -0.15) is 0 Å². The smallest absolute Gasteiger partial charge is 0.143 e. The summed E-state index contributed by atoms with van der Waals surface area (Å²) in [5.74, 6) is 0. The first-order valence-corrected chi connectivity index (χ1v) is 8.69. The number of aliphatic hydroxyl groups is 1. The number of benzene rings is 1. The van der Waals surface area contributed by atoms with Crippen molar-refractivity contribution in [2.45, 2.75) is 38.3 Å². The molecule has 1 aromatic carbocycles. The summed E-state index contributed by atoms with van der Waals surface area (Å²) in [6, 6.07) is 8.60. The number of tetrazole rings is 1. The quantitative estimate of drug-likeness (QED) is 0.742. The number of rotatable bonds is 7. The molecule has 1 unspecified atom stereocenters. The summed E-state index contributed by atoms with van der Waals surface area (Å²) in [6.45, 7) is 6.33. The molecule has 2 heterocycles. The Morgan fingerprint density at radius 2 is 2.00 bits per heavy atom. The van der Waals surface area contributed by atoms with Crippen LogP contribution in [0.3, 0.4) is 0 Å². The second kappa shape index (κ2) is 8.32. The molecule has 24 heavy (non-hydrogen) atoms. The Bertz CT molecular complexity index is 592. The Labute approximate surface area is 142 Å². The number of hydrogen-bond donors (Lipinski definition) is 2. The van der Waals surface area contributed by atoms with Crippen LogP contribution in [0.2, 0.25) is 0 Å². The van der Waals surface area contributed by atoms with Gasteiger partial charge in [-0.1, -0.05) is 12.1 Å². The van der Waals surface area contributed by atoms with E-state index in [0.717, 1.165) is 51.1 Å². The van der Waals surface area contributed by atoms with Gasteiger partial charge in [0.25, 0.3) is 0 Å². The number of hydrogen-bond acceptors (Lipinski definition) is 6. The number of piperidine rings is 1. The van der Waals surface area contributed by atoms with Gasteiger partial charge in [0, 0.05) is 19.1 Å². The molecule has 2 aromatic rings. The summed E-state index contributed by atoms with van der Waals surface area (Å²) in [4.78, 5) is 2.44. The summed E-state index contributed by atoms with van der Waals surface area (Å²) >= 11 is 0. The summed E-state index contributed by atoms with van der Waals surface area (Å²) in [7, 11) is 0. The summed E-state index contributed by atoms with van der Waals surface area (Å²) < 4.78 is 1.65. The molecule has 0 spiro atoms. The number of likely N-dealkylation sites (tertiary alicyclic amines) is 1. The van der Waals surface area contributed by atoms with Crippen molar-refractivity contribution >= 4 is 0 Å². The van der Waals surface area contributed by atoms with E-state index in [2.05, 4.69) is 44.8 Å². The lowest BCUT2D eigenvalue weighted by Gasteiger charge is -2.29. The van der Waals surface area contributed by atoms with Gasteiger partial charge in [0.2, 0.25) is 0 Å². The predicted octanol–water partition coefficient (Wildman–Crippen LogP) is 1.16. The minimum Gasteiger partial charge on any atom is -0.393 e. The van der Waals surface area contributed by atoms with Crippen LogP contribution in [0.25, 0.3) is 5.69 Å². The monoisotopic (exact) mass is 330 g/mol. The number of nitrogens with one attached hydrogen (secondary N) is 1. The molecule has 130 valence electrons. The molecular formula is C17H26N6O. The normalized spacial score (nSPS) is 17.9. The highest BCUT2D eigenvalue weighted by molar-refractivity contribution is 5.34. The molecule has 3 rings (SSSR count). The molecule has 2 N–H and O–H groups in total. The van der Waals surface area contributed by atoms with Gasteiger partial charge in [-0.05, 0) is 67.4 Å². The van der Waals surface area contributed by atoms with E-state index in [4.69, 9.17) is 0 Å². The van der Waals surface area contributed by atoms with Crippen molar-refractivity contribution in [3.8, 4) is 5.69 Å². The van der Waals surface area contributed by atoms with Crippen molar-refractivity contribution in [1.29, 1.82) is 0 Å². The van der Waals surface area contributed by atoms with Crippen LogP contribution in [0.15, 0.2) is 30.6 Å². The van der Waals surface area contributed by atoms with E-state index in [1.165, 1.54) is 5.56 Å². The van der Waals surface area contributed by atoms with Crippen molar-refractivity contribution in [3.05, 3.63) is 36.2 Å². The van der Waals surface area contributed by atoms with Gasteiger partial charge in [0.05, 0.1) is 11.8 Å². The van der Waals surface area contributed by atoms with Gasteiger partial charge in [0.1, 0.15) is 6.33 Å². The second-order valence-electron chi connectivity index (χ2n) is 6.45. The van der Waals surface area contributed by atoms with E-state index in [-0.39, 0.29) is 6.10 Å². The number of nitrogens with zero attached hydrogens (tertiary/aromatic N) is 5. The van der Waals surface area contributed by atoms with Crippen molar-refractivity contribution in [2.75, 3.05) is 26.2 Å². The van der Waals surface area contributed by atoms with E-state index < -0.39 is 0 Å². The molecule has 1 saturated heterocycles. The molecule has 7 heteroatoms. The first kappa shape index (κ1) is 17.0. The third-order valence-corrected chi connectivity index (χ3v) is 4.67. The number of aromatic nitrogens is 4. The standard InChI is InChI=1S/C17H26N6O/c1-14(18-9-2-10-22-11-7-17(24)8-12-22)15-3-5-16(6-4-15)23-13-19-20-21-23/h3-6,13-14,17-18,24H,2,7-12H2,1H3. The van der Waals surface area contributed by atoms with Crippen LogP contribution in [-0.4, -0.2) is 62.5 Å². The fourth-order valence-electron chi connectivity index (χ4n) is 3.08. The summed E-state index contributed by atoms with van der Waals surface area (Å²) in [5.41, 5.74) is 2.22. The van der Waals surface area contributed by atoms with Crippen molar-refractivity contribution < 1.29 is 5.11 Å². The minimum absolute atomic E-state index is 0.0873. The van der Waals surface area contributed by atoms with Crippen LogP contribution in [0.4, 0.5) is 0 Å². The first-order valence-electron chi connectivity index (χ1n) is 8.69. The highest BCUT2D eigenvalue weighted by Gasteiger charge is 2.16. The van der Waals surface area contributed by atoms with Crippen LogP contribution in [0, 0.1) is 0 Å². The zero-order valence-electron chi connectivity index (χ0n) is 14.2. The zero-order valence-corrected chi connectivity index (χ0v) is 14.2.